The number of rotatable bonds is 35. The smallest absolute Gasteiger partial charge is 0.257 e. The van der Waals surface area contributed by atoms with Crippen LogP contribution in [0.4, 0.5) is 0 Å². The summed E-state index contributed by atoms with van der Waals surface area (Å²) in [6, 6.07) is 6.35. The van der Waals surface area contributed by atoms with E-state index in [-0.39, 0.29) is 11.8 Å². The fourth-order valence-corrected chi connectivity index (χ4v) is 7.17. The third-order valence-electron chi connectivity index (χ3n) is 10.2. The second-order valence-electron chi connectivity index (χ2n) is 15.2. The maximum Gasteiger partial charge on any atom is 0.257 e. The average Bonchev–Trinajstić information content (AvgIpc) is 3.07. The second kappa shape index (κ2) is 33.8. The van der Waals surface area contributed by atoms with Gasteiger partial charge < -0.3 is 0 Å². The van der Waals surface area contributed by atoms with Crippen molar-refractivity contribution in [2.24, 2.45) is 0 Å². The van der Waals surface area contributed by atoms with Gasteiger partial charge in [0.2, 0.25) is 5.91 Å². The third kappa shape index (κ3) is 28.2. The third-order valence-corrected chi connectivity index (χ3v) is 10.2. The van der Waals surface area contributed by atoms with Gasteiger partial charge in [-0.05, 0) is 48.9 Å². The summed E-state index contributed by atoms with van der Waals surface area (Å²) < 4.78 is 0. The van der Waals surface area contributed by atoms with Crippen molar-refractivity contribution in [3.8, 4) is 0 Å². The Morgan fingerprint density at radius 3 is 0.896 bits per heavy atom. The molecule has 1 aromatic rings. The monoisotopic (exact) mass is 668 g/mol. The predicted octanol–water partition coefficient (Wildman–Crippen LogP) is 14.6. The van der Waals surface area contributed by atoms with Crippen molar-refractivity contribution in [3.63, 3.8) is 0 Å². The van der Waals surface area contributed by atoms with E-state index in [1.807, 2.05) is 12.1 Å². The summed E-state index contributed by atoms with van der Waals surface area (Å²) in [7, 11) is 0. The SMILES string of the molecule is CCCCCCCCCCCCCCCCCCc1cc(CCCCCCCCCCCCCCCCCC)cc(C(=O)NC(C)=O)c1. The minimum atomic E-state index is -0.289. The lowest BCUT2D eigenvalue weighted by atomic mass is 9.96. The summed E-state index contributed by atoms with van der Waals surface area (Å²) in [5.74, 6) is -0.549. The molecule has 0 saturated carbocycles. The maximum atomic E-state index is 12.7. The Kier molecular flexibility index (Phi) is 31.3. The van der Waals surface area contributed by atoms with Crippen LogP contribution in [0.1, 0.15) is 248 Å². The Hall–Kier alpha value is -1.64. The number of amides is 2. The van der Waals surface area contributed by atoms with Crippen molar-refractivity contribution in [1.82, 2.24) is 5.32 Å². The molecule has 0 fully saturated rings. The normalized spacial score (nSPS) is 11.3. The van der Waals surface area contributed by atoms with Crippen molar-refractivity contribution in [3.05, 3.63) is 34.9 Å². The van der Waals surface area contributed by atoms with Gasteiger partial charge >= 0.3 is 0 Å². The topological polar surface area (TPSA) is 46.2 Å². The van der Waals surface area contributed by atoms with E-state index >= 15 is 0 Å². The van der Waals surface area contributed by atoms with Crippen LogP contribution in [-0.2, 0) is 17.6 Å². The maximum absolute atomic E-state index is 12.7. The van der Waals surface area contributed by atoms with E-state index in [1.165, 1.54) is 224 Å². The molecule has 0 aromatic heterocycles. The molecule has 48 heavy (non-hydrogen) atoms. The number of hydrogen-bond donors (Lipinski definition) is 1. The number of nitrogens with one attached hydrogen (secondary N) is 1. The number of carbonyl (C=O) groups is 2. The Labute approximate surface area is 300 Å². The highest BCUT2D eigenvalue weighted by atomic mass is 16.2. The molecule has 0 bridgehead atoms. The number of aryl methyl sites for hydroxylation is 2. The Bertz CT molecular complexity index is 823. The molecule has 1 aromatic carbocycles. The first-order chi connectivity index (χ1) is 23.6. The van der Waals surface area contributed by atoms with Crippen LogP contribution in [0, 0.1) is 0 Å². The number of hydrogen-bond acceptors (Lipinski definition) is 2. The molecule has 0 aliphatic carbocycles. The van der Waals surface area contributed by atoms with Gasteiger partial charge in [0.1, 0.15) is 0 Å². The van der Waals surface area contributed by atoms with Gasteiger partial charge in [-0.25, -0.2) is 0 Å². The van der Waals surface area contributed by atoms with Gasteiger partial charge in [-0.1, -0.05) is 213 Å². The van der Waals surface area contributed by atoms with Crippen LogP contribution in [0.2, 0.25) is 0 Å². The Morgan fingerprint density at radius 2 is 0.646 bits per heavy atom. The highest BCUT2D eigenvalue weighted by Gasteiger charge is 2.11. The molecule has 1 rings (SSSR count). The average molecular weight is 668 g/mol. The van der Waals surface area contributed by atoms with Crippen molar-refractivity contribution in [1.29, 1.82) is 0 Å². The van der Waals surface area contributed by atoms with Crippen LogP contribution >= 0.6 is 0 Å². The van der Waals surface area contributed by atoms with Crippen molar-refractivity contribution >= 4 is 11.8 Å². The van der Waals surface area contributed by atoms with E-state index in [2.05, 4.69) is 25.2 Å². The second-order valence-corrected chi connectivity index (χ2v) is 15.2. The fourth-order valence-electron chi connectivity index (χ4n) is 7.17. The van der Waals surface area contributed by atoms with Gasteiger partial charge in [-0.15, -0.1) is 0 Å². The minimum Gasteiger partial charge on any atom is -0.293 e. The lowest BCUT2D eigenvalue weighted by Crippen LogP contribution is -2.28. The highest BCUT2D eigenvalue weighted by molar-refractivity contribution is 6.04. The molecule has 2 amide bonds. The Balaban J connectivity index is 2.18. The predicted molar refractivity (Wildman–Crippen MR) is 211 cm³/mol. The number of carbonyl (C=O) groups excluding carboxylic acids is 2. The zero-order chi connectivity index (χ0) is 34.8. The van der Waals surface area contributed by atoms with E-state index < -0.39 is 0 Å². The molecular formula is C45H81NO2. The van der Waals surface area contributed by atoms with Crippen LogP contribution in [0.3, 0.4) is 0 Å². The van der Waals surface area contributed by atoms with E-state index in [1.54, 1.807) is 0 Å². The number of benzene rings is 1. The molecule has 3 heteroatoms. The first-order valence-corrected chi connectivity index (χ1v) is 21.5. The highest BCUT2D eigenvalue weighted by Crippen LogP contribution is 2.19. The van der Waals surface area contributed by atoms with Crippen molar-refractivity contribution in [2.45, 2.75) is 239 Å². The first-order valence-electron chi connectivity index (χ1n) is 21.5. The molecule has 0 aliphatic heterocycles. The number of imide groups is 1. The molecular weight excluding hydrogens is 587 g/mol. The molecule has 0 saturated heterocycles. The van der Waals surface area contributed by atoms with E-state index in [0.717, 1.165) is 12.8 Å². The quantitative estimate of drug-likeness (QED) is 0.0732. The van der Waals surface area contributed by atoms with Gasteiger partial charge in [-0.3, -0.25) is 14.9 Å². The van der Waals surface area contributed by atoms with Gasteiger partial charge in [0.15, 0.2) is 0 Å². The lowest BCUT2D eigenvalue weighted by molar-refractivity contribution is -0.118. The molecule has 0 unspecified atom stereocenters. The van der Waals surface area contributed by atoms with Gasteiger partial charge in [0, 0.05) is 12.5 Å². The van der Waals surface area contributed by atoms with Crippen LogP contribution in [0.25, 0.3) is 0 Å². The van der Waals surface area contributed by atoms with Crippen molar-refractivity contribution in [2.75, 3.05) is 0 Å². The molecule has 0 radical (unpaired) electrons. The molecule has 3 nitrogen and oxygen atoms in total. The standard InChI is InChI=1S/C45H81NO2/c1-4-6-8-10-12-14-16-18-20-22-24-26-28-30-32-34-36-42-38-43(40-44(39-42)45(48)46-41(3)47)37-35-33-31-29-27-25-23-21-19-17-15-13-11-9-7-5-2/h38-40H,4-37H2,1-3H3,(H,46,47,48). The van der Waals surface area contributed by atoms with Crippen LogP contribution in [-0.4, -0.2) is 11.8 Å². The van der Waals surface area contributed by atoms with Crippen LogP contribution in [0.15, 0.2) is 18.2 Å². The van der Waals surface area contributed by atoms with Gasteiger partial charge in [0.05, 0.1) is 0 Å². The number of unbranched alkanes of at least 4 members (excludes halogenated alkanes) is 30. The summed E-state index contributed by atoms with van der Waals surface area (Å²) in [4.78, 5) is 24.2. The van der Waals surface area contributed by atoms with Crippen LogP contribution in [0.5, 0.6) is 0 Å². The zero-order valence-electron chi connectivity index (χ0n) is 32.6. The largest absolute Gasteiger partial charge is 0.293 e. The minimum absolute atomic E-state index is 0.260. The van der Waals surface area contributed by atoms with E-state index in [0.29, 0.717) is 5.56 Å². The van der Waals surface area contributed by atoms with Gasteiger partial charge in [-0.2, -0.15) is 0 Å². The molecule has 0 atom stereocenters. The molecule has 1 N–H and O–H groups in total. The van der Waals surface area contributed by atoms with Gasteiger partial charge in [0.25, 0.3) is 5.91 Å². The Morgan fingerprint density at radius 1 is 0.396 bits per heavy atom. The molecule has 278 valence electrons. The molecule has 0 spiro atoms. The van der Waals surface area contributed by atoms with E-state index in [4.69, 9.17) is 0 Å². The summed E-state index contributed by atoms with van der Waals surface area (Å²) >= 11 is 0. The first kappa shape index (κ1) is 44.4. The fraction of sp³-hybridized carbons (Fsp3) is 0.822. The summed E-state index contributed by atoms with van der Waals surface area (Å²) in [5.41, 5.74) is 3.15. The summed E-state index contributed by atoms with van der Waals surface area (Å²) in [6.07, 6.45) is 46.2. The van der Waals surface area contributed by atoms with E-state index in [9.17, 15) is 9.59 Å². The molecule has 0 heterocycles. The zero-order valence-corrected chi connectivity index (χ0v) is 32.6. The van der Waals surface area contributed by atoms with Crippen LogP contribution < -0.4 is 5.32 Å². The summed E-state index contributed by atoms with van der Waals surface area (Å²) in [6.45, 7) is 5.99. The lowest BCUT2D eigenvalue weighted by Gasteiger charge is -2.10. The molecule has 0 aliphatic rings. The van der Waals surface area contributed by atoms with Crippen molar-refractivity contribution < 1.29 is 9.59 Å². The summed E-state index contributed by atoms with van der Waals surface area (Å²) in [5, 5.41) is 2.48.